The number of carbonyl (C=O) groups excluding carboxylic acids is 2. The number of benzene rings is 1. The van der Waals surface area contributed by atoms with Crippen molar-refractivity contribution >= 4 is 33.4 Å². The van der Waals surface area contributed by atoms with Crippen LogP contribution < -0.4 is 4.74 Å². The molecule has 4 aromatic rings. The van der Waals surface area contributed by atoms with Crippen LogP contribution in [0.2, 0.25) is 0 Å². The van der Waals surface area contributed by atoms with Crippen molar-refractivity contribution < 1.29 is 18.7 Å². The maximum absolute atomic E-state index is 8.12. The monoisotopic (exact) mass is 371 g/mol. The van der Waals surface area contributed by atoms with E-state index in [4.69, 9.17) is 18.7 Å². The summed E-state index contributed by atoms with van der Waals surface area (Å²) in [6.45, 7) is 4.86. The van der Waals surface area contributed by atoms with Gasteiger partial charge in [-0.2, -0.15) is 14.7 Å². The molecule has 0 bridgehead atoms. The molecule has 26 heavy (non-hydrogen) atoms. The molecule has 0 amide bonds. The molecule has 0 saturated heterocycles. The fourth-order valence-electron chi connectivity index (χ4n) is 2.49. The van der Waals surface area contributed by atoms with Crippen LogP contribution in [0.5, 0.6) is 5.75 Å². The lowest BCUT2D eigenvalue weighted by Crippen LogP contribution is -1.94. The molecule has 0 saturated carbocycles. The SMILES string of the molecule is CCCOc1cccc2cc(-c3cn4nc(CC)sc4n3)oc12.O=C=O. The van der Waals surface area contributed by atoms with Crippen LogP contribution in [-0.2, 0) is 16.0 Å². The first-order valence-electron chi connectivity index (χ1n) is 8.20. The molecule has 0 aliphatic heterocycles. The van der Waals surface area contributed by atoms with Crippen molar-refractivity contribution in [3.8, 4) is 17.2 Å². The highest BCUT2D eigenvalue weighted by Crippen LogP contribution is 2.33. The summed E-state index contributed by atoms with van der Waals surface area (Å²) in [7, 11) is 0. The Bertz CT molecular complexity index is 1030. The van der Waals surface area contributed by atoms with Crippen LogP contribution in [0.1, 0.15) is 25.3 Å². The molecule has 8 heteroatoms. The number of para-hydroxylation sites is 1. The third-order valence-electron chi connectivity index (χ3n) is 3.61. The standard InChI is InChI=1S/C17H17N3O2S.CO2/c1-3-8-21-13-7-5-6-11-9-14(22-16(11)13)12-10-20-17(18-12)23-15(4-2)19-20;2-1-3/h5-7,9-10H,3-4,8H2,1-2H3;. The molecule has 0 radical (unpaired) electrons. The predicted molar refractivity (Wildman–Crippen MR) is 96.2 cm³/mol. The number of aryl methyl sites for hydroxylation is 1. The third kappa shape index (κ3) is 3.51. The first kappa shape index (κ1) is 17.8. The van der Waals surface area contributed by atoms with Crippen LogP contribution in [0.25, 0.3) is 27.4 Å². The van der Waals surface area contributed by atoms with Crippen LogP contribution in [0.15, 0.2) is 34.9 Å². The first-order valence-corrected chi connectivity index (χ1v) is 9.01. The zero-order valence-corrected chi connectivity index (χ0v) is 15.2. The van der Waals surface area contributed by atoms with E-state index in [2.05, 4.69) is 23.9 Å². The minimum Gasteiger partial charge on any atom is -0.490 e. The molecule has 0 unspecified atom stereocenters. The second-order valence-corrected chi connectivity index (χ2v) is 6.46. The Labute approximate surface area is 153 Å². The van der Waals surface area contributed by atoms with E-state index in [1.54, 1.807) is 11.3 Å². The third-order valence-corrected chi connectivity index (χ3v) is 4.68. The molecule has 0 aliphatic carbocycles. The Morgan fingerprint density at radius 2 is 2.12 bits per heavy atom. The molecule has 7 nitrogen and oxygen atoms in total. The summed E-state index contributed by atoms with van der Waals surface area (Å²) in [4.78, 5) is 21.8. The molecule has 0 atom stereocenters. The maximum atomic E-state index is 8.12. The van der Waals surface area contributed by atoms with Gasteiger partial charge in [0, 0.05) is 5.39 Å². The summed E-state index contributed by atoms with van der Waals surface area (Å²) >= 11 is 1.61. The second-order valence-electron chi connectivity index (χ2n) is 5.42. The topological polar surface area (TPSA) is 86.7 Å². The van der Waals surface area contributed by atoms with Gasteiger partial charge in [-0.15, -0.1) is 0 Å². The minimum atomic E-state index is 0.250. The van der Waals surface area contributed by atoms with Crippen molar-refractivity contribution in [3.63, 3.8) is 0 Å². The average molecular weight is 371 g/mol. The number of rotatable bonds is 5. The van der Waals surface area contributed by atoms with Gasteiger partial charge in [-0.25, -0.2) is 9.50 Å². The van der Waals surface area contributed by atoms with Crippen LogP contribution in [0, 0.1) is 0 Å². The molecule has 1 aromatic carbocycles. The van der Waals surface area contributed by atoms with Crippen LogP contribution >= 0.6 is 11.3 Å². The number of fused-ring (bicyclic) bond motifs is 2. The Balaban J connectivity index is 0.000000613. The largest absolute Gasteiger partial charge is 0.490 e. The van der Waals surface area contributed by atoms with Gasteiger partial charge in [-0.05, 0) is 25.0 Å². The van der Waals surface area contributed by atoms with Crippen molar-refractivity contribution in [3.05, 3.63) is 35.5 Å². The maximum Gasteiger partial charge on any atom is 0.373 e. The predicted octanol–water partition coefficient (Wildman–Crippen LogP) is 3.97. The highest BCUT2D eigenvalue weighted by Gasteiger charge is 2.15. The fraction of sp³-hybridized carbons (Fsp3) is 0.278. The van der Waals surface area contributed by atoms with Gasteiger partial charge >= 0.3 is 6.15 Å². The van der Waals surface area contributed by atoms with Crippen molar-refractivity contribution in [2.24, 2.45) is 0 Å². The zero-order chi connectivity index (χ0) is 18.5. The number of ether oxygens (including phenoxy) is 1. The van der Waals surface area contributed by atoms with E-state index in [1.165, 1.54) is 0 Å². The van der Waals surface area contributed by atoms with Gasteiger partial charge in [-0.3, -0.25) is 0 Å². The molecule has 4 rings (SSSR count). The number of hydrogen-bond donors (Lipinski definition) is 0. The number of imidazole rings is 1. The summed E-state index contributed by atoms with van der Waals surface area (Å²) in [6.07, 6.45) is 4.05. The molecule has 0 spiro atoms. The lowest BCUT2D eigenvalue weighted by molar-refractivity contribution is -0.191. The van der Waals surface area contributed by atoms with Gasteiger partial charge in [0.25, 0.3) is 0 Å². The van der Waals surface area contributed by atoms with Crippen molar-refractivity contribution in [2.75, 3.05) is 6.61 Å². The van der Waals surface area contributed by atoms with Crippen LogP contribution in [0.4, 0.5) is 0 Å². The van der Waals surface area contributed by atoms with Crippen molar-refractivity contribution in [2.45, 2.75) is 26.7 Å². The van der Waals surface area contributed by atoms with E-state index < -0.39 is 0 Å². The normalized spacial score (nSPS) is 10.5. The Morgan fingerprint density at radius 1 is 1.31 bits per heavy atom. The smallest absolute Gasteiger partial charge is 0.373 e. The molecular weight excluding hydrogens is 354 g/mol. The van der Waals surface area contributed by atoms with Gasteiger partial charge in [0.15, 0.2) is 17.1 Å². The summed E-state index contributed by atoms with van der Waals surface area (Å²) in [5.41, 5.74) is 1.57. The van der Waals surface area contributed by atoms with Crippen molar-refractivity contribution in [1.29, 1.82) is 0 Å². The first-order chi connectivity index (χ1) is 12.7. The molecular formula is C18H17N3O4S. The highest BCUT2D eigenvalue weighted by molar-refractivity contribution is 7.16. The fourth-order valence-corrected chi connectivity index (χ4v) is 3.31. The van der Waals surface area contributed by atoms with Crippen molar-refractivity contribution in [1.82, 2.24) is 14.6 Å². The molecule has 0 aliphatic rings. The average Bonchev–Trinajstić information content (AvgIpc) is 3.32. The lowest BCUT2D eigenvalue weighted by atomic mass is 10.2. The summed E-state index contributed by atoms with van der Waals surface area (Å²) in [6, 6.07) is 7.94. The minimum absolute atomic E-state index is 0.250. The highest BCUT2D eigenvalue weighted by atomic mass is 32.1. The van der Waals surface area contributed by atoms with Crippen LogP contribution in [0.3, 0.4) is 0 Å². The summed E-state index contributed by atoms with van der Waals surface area (Å²) < 4.78 is 13.6. The lowest BCUT2D eigenvalue weighted by Gasteiger charge is -2.03. The van der Waals surface area contributed by atoms with Gasteiger partial charge in [0.2, 0.25) is 4.96 Å². The zero-order valence-electron chi connectivity index (χ0n) is 14.4. The molecule has 0 fully saturated rings. The Morgan fingerprint density at radius 3 is 2.81 bits per heavy atom. The molecule has 3 aromatic heterocycles. The molecule has 3 heterocycles. The van der Waals surface area contributed by atoms with Gasteiger partial charge < -0.3 is 9.15 Å². The van der Waals surface area contributed by atoms with Crippen LogP contribution in [-0.4, -0.2) is 27.4 Å². The molecule has 0 N–H and O–H groups in total. The number of aromatic nitrogens is 3. The second kappa shape index (κ2) is 7.95. The van der Waals surface area contributed by atoms with E-state index in [9.17, 15) is 0 Å². The quantitative estimate of drug-likeness (QED) is 0.527. The van der Waals surface area contributed by atoms with E-state index in [0.717, 1.165) is 51.0 Å². The summed E-state index contributed by atoms with van der Waals surface area (Å²) in [5.74, 6) is 1.52. The van der Waals surface area contributed by atoms with E-state index in [1.807, 2.05) is 35.0 Å². The Hall–Kier alpha value is -2.96. The van der Waals surface area contributed by atoms with Gasteiger partial charge in [0.1, 0.15) is 10.7 Å². The molecule has 134 valence electrons. The number of nitrogens with zero attached hydrogens (tertiary/aromatic N) is 3. The van der Waals surface area contributed by atoms with E-state index in [0.29, 0.717) is 6.61 Å². The number of hydrogen-bond acceptors (Lipinski definition) is 7. The Kier molecular flexibility index (Phi) is 5.46. The van der Waals surface area contributed by atoms with E-state index >= 15 is 0 Å². The van der Waals surface area contributed by atoms with E-state index in [-0.39, 0.29) is 6.15 Å². The number of furan rings is 1. The van der Waals surface area contributed by atoms with Gasteiger partial charge in [-0.1, -0.05) is 37.3 Å². The summed E-state index contributed by atoms with van der Waals surface area (Å²) in [5, 5.41) is 6.60. The van der Waals surface area contributed by atoms with Gasteiger partial charge in [0.05, 0.1) is 12.8 Å².